The van der Waals surface area contributed by atoms with Crippen LogP contribution in [0.15, 0.2) is 0 Å². The molecule has 1 saturated carbocycles. The fraction of sp³-hybridized carbons (Fsp3) is 1.00. The van der Waals surface area contributed by atoms with E-state index in [-0.39, 0.29) is 5.54 Å². The molecule has 1 heteroatoms. The monoisotopic (exact) mass is 295 g/mol. The number of nitrogens with two attached hydrogens (primary N) is 1. The SMILES string of the molecule is CCCCCCCCCCC1(N)CCC(CCCC)CC1. The first kappa shape index (κ1) is 19.0. The lowest BCUT2D eigenvalue weighted by Gasteiger charge is -2.37. The average Bonchev–Trinajstić information content (AvgIpc) is 2.49. The number of hydrogen-bond acceptors (Lipinski definition) is 1. The van der Waals surface area contributed by atoms with Crippen LogP contribution < -0.4 is 5.73 Å². The van der Waals surface area contributed by atoms with Crippen LogP contribution in [0.1, 0.15) is 117 Å². The van der Waals surface area contributed by atoms with Gasteiger partial charge in [-0.05, 0) is 38.0 Å². The maximum absolute atomic E-state index is 6.63. The third kappa shape index (κ3) is 8.86. The molecule has 1 fully saturated rings. The van der Waals surface area contributed by atoms with Crippen molar-refractivity contribution < 1.29 is 0 Å². The second-order valence-electron chi connectivity index (χ2n) is 7.67. The second-order valence-corrected chi connectivity index (χ2v) is 7.67. The molecule has 0 saturated heterocycles. The summed E-state index contributed by atoms with van der Waals surface area (Å²) >= 11 is 0. The average molecular weight is 296 g/mol. The summed E-state index contributed by atoms with van der Waals surface area (Å²) in [6.45, 7) is 4.59. The smallest absolute Gasteiger partial charge is 0.0154 e. The summed E-state index contributed by atoms with van der Waals surface area (Å²) in [6, 6.07) is 0. The van der Waals surface area contributed by atoms with Crippen LogP contribution in [0, 0.1) is 5.92 Å². The molecule has 0 heterocycles. The standard InChI is InChI=1S/C20H41N/c1-3-5-7-8-9-10-11-12-16-20(21)17-14-19(15-18-20)13-6-4-2/h19H,3-18,21H2,1-2H3. The fourth-order valence-electron chi connectivity index (χ4n) is 3.89. The van der Waals surface area contributed by atoms with Crippen LogP contribution in [0.2, 0.25) is 0 Å². The number of rotatable bonds is 12. The molecule has 1 aliphatic rings. The molecule has 1 rings (SSSR count). The number of unbranched alkanes of at least 4 members (excludes halogenated alkanes) is 8. The van der Waals surface area contributed by atoms with Gasteiger partial charge in [-0.3, -0.25) is 0 Å². The van der Waals surface area contributed by atoms with E-state index in [0.717, 1.165) is 5.92 Å². The third-order valence-corrected chi connectivity index (χ3v) is 5.60. The predicted octanol–water partition coefficient (Wildman–Crippen LogP) is 6.60. The summed E-state index contributed by atoms with van der Waals surface area (Å²) in [7, 11) is 0. The van der Waals surface area contributed by atoms with Gasteiger partial charge in [0, 0.05) is 5.54 Å². The molecule has 21 heavy (non-hydrogen) atoms. The summed E-state index contributed by atoms with van der Waals surface area (Å²) in [5.41, 5.74) is 6.83. The lowest BCUT2D eigenvalue weighted by Crippen LogP contribution is -2.43. The molecule has 1 aliphatic carbocycles. The lowest BCUT2D eigenvalue weighted by atomic mass is 9.73. The minimum Gasteiger partial charge on any atom is -0.325 e. The predicted molar refractivity (Wildman–Crippen MR) is 95.6 cm³/mol. The Hall–Kier alpha value is -0.0400. The van der Waals surface area contributed by atoms with Crippen LogP contribution in [-0.2, 0) is 0 Å². The molecular weight excluding hydrogens is 254 g/mol. The highest BCUT2D eigenvalue weighted by Crippen LogP contribution is 2.36. The van der Waals surface area contributed by atoms with E-state index in [0.29, 0.717) is 0 Å². The molecule has 2 N–H and O–H groups in total. The summed E-state index contributed by atoms with van der Waals surface area (Å²) in [5.74, 6) is 0.986. The van der Waals surface area contributed by atoms with Gasteiger partial charge in [0.2, 0.25) is 0 Å². The molecule has 0 aromatic rings. The van der Waals surface area contributed by atoms with E-state index in [9.17, 15) is 0 Å². The molecule has 0 aromatic heterocycles. The molecule has 0 aliphatic heterocycles. The van der Waals surface area contributed by atoms with Crippen LogP contribution in [0.25, 0.3) is 0 Å². The Labute approximate surface area is 134 Å². The van der Waals surface area contributed by atoms with Gasteiger partial charge in [-0.25, -0.2) is 0 Å². The molecule has 0 aromatic carbocycles. The van der Waals surface area contributed by atoms with Gasteiger partial charge in [-0.2, -0.15) is 0 Å². The van der Waals surface area contributed by atoms with E-state index in [4.69, 9.17) is 5.73 Å². The first-order valence-electron chi connectivity index (χ1n) is 9.99. The van der Waals surface area contributed by atoms with Crippen LogP contribution >= 0.6 is 0 Å². The van der Waals surface area contributed by atoms with Gasteiger partial charge in [0.15, 0.2) is 0 Å². The Balaban J connectivity index is 1.99. The topological polar surface area (TPSA) is 26.0 Å². The van der Waals surface area contributed by atoms with E-state index in [1.165, 1.54) is 103 Å². The van der Waals surface area contributed by atoms with Crippen molar-refractivity contribution in [3.05, 3.63) is 0 Å². The second kappa shape index (κ2) is 11.5. The van der Waals surface area contributed by atoms with Gasteiger partial charge >= 0.3 is 0 Å². The van der Waals surface area contributed by atoms with Crippen LogP contribution in [0.4, 0.5) is 0 Å². The van der Waals surface area contributed by atoms with Gasteiger partial charge in [0.25, 0.3) is 0 Å². The minimum absolute atomic E-state index is 0.199. The Morgan fingerprint density at radius 2 is 1.29 bits per heavy atom. The van der Waals surface area contributed by atoms with E-state index < -0.39 is 0 Å². The largest absolute Gasteiger partial charge is 0.325 e. The molecule has 126 valence electrons. The van der Waals surface area contributed by atoms with Crippen molar-refractivity contribution in [1.82, 2.24) is 0 Å². The summed E-state index contributed by atoms with van der Waals surface area (Å²) in [4.78, 5) is 0. The van der Waals surface area contributed by atoms with Crippen molar-refractivity contribution in [3.8, 4) is 0 Å². The zero-order chi connectivity index (χ0) is 15.4. The first-order chi connectivity index (χ1) is 10.2. The molecule has 1 nitrogen and oxygen atoms in total. The van der Waals surface area contributed by atoms with Crippen molar-refractivity contribution in [2.75, 3.05) is 0 Å². The summed E-state index contributed by atoms with van der Waals surface area (Å²) < 4.78 is 0. The quantitative estimate of drug-likeness (QED) is 0.403. The van der Waals surface area contributed by atoms with Crippen molar-refractivity contribution >= 4 is 0 Å². The molecular formula is C20H41N. The summed E-state index contributed by atoms with van der Waals surface area (Å²) in [6.07, 6.45) is 22.2. The highest BCUT2D eigenvalue weighted by atomic mass is 14.7. The zero-order valence-corrected chi connectivity index (χ0v) is 15.0. The first-order valence-corrected chi connectivity index (χ1v) is 9.99. The van der Waals surface area contributed by atoms with Crippen molar-refractivity contribution in [3.63, 3.8) is 0 Å². The Morgan fingerprint density at radius 3 is 1.86 bits per heavy atom. The third-order valence-electron chi connectivity index (χ3n) is 5.60. The minimum atomic E-state index is 0.199. The van der Waals surface area contributed by atoms with E-state index in [1.54, 1.807) is 0 Å². The van der Waals surface area contributed by atoms with Crippen LogP contribution in [0.3, 0.4) is 0 Å². The highest BCUT2D eigenvalue weighted by molar-refractivity contribution is 4.89. The zero-order valence-electron chi connectivity index (χ0n) is 15.0. The fourth-order valence-corrected chi connectivity index (χ4v) is 3.89. The molecule has 0 amide bonds. The number of hydrogen-bond donors (Lipinski definition) is 1. The van der Waals surface area contributed by atoms with E-state index in [2.05, 4.69) is 13.8 Å². The molecule has 0 bridgehead atoms. The maximum atomic E-state index is 6.63. The van der Waals surface area contributed by atoms with Crippen LogP contribution in [0.5, 0.6) is 0 Å². The van der Waals surface area contributed by atoms with Gasteiger partial charge in [0.1, 0.15) is 0 Å². The molecule has 0 spiro atoms. The van der Waals surface area contributed by atoms with Crippen molar-refractivity contribution in [2.24, 2.45) is 11.7 Å². The lowest BCUT2D eigenvalue weighted by molar-refractivity contribution is 0.207. The summed E-state index contributed by atoms with van der Waals surface area (Å²) in [5, 5.41) is 0. The Kier molecular flexibility index (Phi) is 10.4. The van der Waals surface area contributed by atoms with E-state index >= 15 is 0 Å². The highest BCUT2D eigenvalue weighted by Gasteiger charge is 2.30. The van der Waals surface area contributed by atoms with E-state index in [1.807, 2.05) is 0 Å². The Morgan fingerprint density at radius 1 is 0.762 bits per heavy atom. The van der Waals surface area contributed by atoms with Crippen molar-refractivity contribution in [1.29, 1.82) is 0 Å². The molecule has 0 atom stereocenters. The van der Waals surface area contributed by atoms with Crippen molar-refractivity contribution in [2.45, 2.75) is 122 Å². The van der Waals surface area contributed by atoms with Gasteiger partial charge < -0.3 is 5.73 Å². The molecule has 0 unspecified atom stereocenters. The maximum Gasteiger partial charge on any atom is 0.0154 e. The normalized spacial score (nSPS) is 26.1. The van der Waals surface area contributed by atoms with Gasteiger partial charge in [-0.15, -0.1) is 0 Å². The van der Waals surface area contributed by atoms with Gasteiger partial charge in [-0.1, -0.05) is 84.5 Å². The van der Waals surface area contributed by atoms with Gasteiger partial charge in [0.05, 0.1) is 0 Å². The Bertz CT molecular complexity index is 228. The van der Waals surface area contributed by atoms with Crippen LogP contribution in [-0.4, -0.2) is 5.54 Å². The molecule has 0 radical (unpaired) electrons.